The summed E-state index contributed by atoms with van der Waals surface area (Å²) < 4.78 is 25.1. The van der Waals surface area contributed by atoms with Crippen LogP contribution in [0.25, 0.3) is 0 Å². The van der Waals surface area contributed by atoms with Gasteiger partial charge in [-0.05, 0) is 23.8 Å². The number of anilines is 1. The molecule has 5 nitrogen and oxygen atoms in total. The molecule has 1 aromatic carbocycles. The van der Waals surface area contributed by atoms with Crippen molar-refractivity contribution in [3.63, 3.8) is 0 Å². The van der Waals surface area contributed by atoms with Gasteiger partial charge in [-0.1, -0.05) is 12.1 Å². The summed E-state index contributed by atoms with van der Waals surface area (Å²) in [4.78, 5) is 0.274. The van der Waals surface area contributed by atoms with Crippen LogP contribution < -0.4 is 5.32 Å². The van der Waals surface area contributed by atoms with E-state index in [1.807, 2.05) is 6.20 Å². The third-order valence-electron chi connectivity index (χ3n) is 2.95. The molecule has 0 fully saturated rings. The summed E-state index contributed by atoms with van der Waals surface area (Å²) >= 11 is 0. The number of nitriles is 1. The molecule has 1 N–H and O–H groups in total. The Morgan fingerprint density at radius 1 is 1.35 bits per heavy atom. The zero-order chi connectivity index (χ0) is 14.8. The van der Waals surface area contributed by atoms with Gasteiger partial charge in [0.05, 0.1) is 10.6 Å². The molecule has 1 aromatic heterocycles. The monoisotopic (exact) mass is 289 g/mol. The van der Waals surface area contributed by atoms with Gasteiger partial charge >= 0.3 is 0 Å². The number of para-hydroxylation sites is 1. The van der Waals surface area contributed by atoms with Crippen molar-refractivity contribution in [1.82, 2.24) is 4.57 Å². The topological polar surface area (TPSA) is 74.9 Å². The number of nitrogens with one attached hydrogen (secondary N) is 1. The number of aryl methyl sites for hydroxylation is 1. The smallest absolute Gasteiger partial charge is 0.177 e. The molecule has 0 atom stereocenters. The van der Waals surface area contributed by atoms with Gasteiger partial charge in [0.25, 0.3) is 0 Å². The fourth-order valence-electron chi connectivity index (χ4n) is 1.97. The molecule has 2 rings (SSSR count). The average Bonchev–Trinajstić information content (AvgIpc) is 2.76. The van der Waals surface area contributed by atoms with Crippen molar-refractivity contribution in [2.24, 2.45) is 7.05 Å². The molecule has 104 valence electrons. The van der Waals surface area contributed by atoms with Gasteiger partial charge in [0.15, 0.2) is 9.84 Å². The fraction of sp³-hybridized carbons (Fsp3) is 0.214. The first kappa shape index (κ1) is 14.2. The molecular weight excluding hydrogens is 274 g/mol. The summed E-state index contributed by atoms with van der Waals surface area (Å²) in [7, 11) is -1.47. The van der Waals surface area contributed by atoms with Crippen LogP contribution in [0.1, 0.15) is 11.3 Å². The van der Waals surface area contributed by atoms with E-state index < -0.39 is 9.84 Å². The van der Waals surface area contributed by atoms with E-state index in [0.29, 0.717) is 17.9 Å². The van der Waals surface area contributed by atoms with E-state index in [1.54, 1.807) is 41.9 Å². The summed E-state index contributed by atoms with van der Waals surface area (Å²) in [6.45, 7) is 0.460. The van der Waals surface area contributed by atoms with E-state index in [2.05, 4.69) is 11.4 Å². The van der Waals surface area contributed by atoms with Crippen molar-refractivity contribution in [3.05, 3.63) is 47.8 Å². The van der Waals surface area contributed by atoms with Crippen LogP contribution in [-0.4, -0.2) is 19.2 Å². The van der Waals surface area contributed by atoms with Crippen LogP contribution in [0.5, 0.6) is 0 Å². The summed E-state index contributed by atoms with van der Waals surface area (Å²) in [5.41, 5.74) is 2.06. The third-order valence-corrected chi connectivity index (χ3v) is 4.10. The van der Waals surface area contributed by atoms with Gasteiger partial charge in [0.1, 0.15) is 11.8 Å². The Bertz CT molecular complexity index is 770. The van der Waals surface area contributed by atoms with Gasteiger partial charge < -0.3 is 9.88 Å². The first-order chi connectivity index (χ1) is 9.41. The van der Waals surface area contributed by atoms with Crippen LogP contribution >= 0.6 is 0 Å². The molecule has 0 amide bonds. The number of rotatable bonds is 4. The average molecular weight is 289 g/mol. The molecule has 0 aliphatic heterocycles. The van der Waals surface area contributed by atoms with Crippen LogP contribution in [-0.2, 0) is 23.4 Å². The number of sulfone groups is 1. The molecule has 0 saturated heterocycles. The van der Waals surface area contributed by atoms with Crippen LogP contribution in [0, 0.1) is 11.3 Å². The summed E-state index contributed by atoms with van der Waals surface area (Å²) in [6, 6.07) is 10.6. The van der Waals surface area contributed by atoms with Gasteiger partial charge in [-0.2, -0.15) is 5.26 Å². The standard InChI is InChI=1S/C14H15N3O2S/c1-17-10-11(7-12(17)8-15)9-16-13-5-3-4-6-14(13)20(2,18)19/h3-7,10,16H,9H2,1-2H3. The molecule has 0 bridgehead atoms. The maximum absolute atomic E-state index is 11.7. The van der Waals surface area contributed by atoms with Crippen LogP contribution in [0.4, 0.5) is 5.69 Å². The fourth-order valence-corrected chi connectivity index (χ4v) is 2.84. The number of benzene rings is 1. The second kappa shape index (κ2) is 5.39. The van der Waals surface area contributed by atoms with Gasteiger partial charge in [-0.3, -0.25) is 0 Å². The Kier molecular flexibility index (Phi) is 3.81. The second-order valence-electron chi connectivity index (χ2n) is 4.58. The number of hydrogen-bond acceptors (Lipinski definition) is 4. The van der Waals surface area contributed by atoms with Crippen molar-refractivity contribution in [1.29, 1.82) is 5.26 Å². The van der Waals surface area contributed by atoms with E-state index in [1.165, 1.54) is 6.26 Å². The first-order valence-corrected chi connectivity index (χ1v) is 7.89. The number of hydrogen-bond donors (Lipinski definition) is 1. The minimum absolute atomic E-state index is 0.274. The highest BCUT2D eigenvalue weighted by molar-refractivity contribution is 7.90. The van der Waals surface area contributed by atoms with Crippen molar-refractivity contribution >= 4 is 15.5 Å². The highest BCUT2D eigenvalue weighted by atomic mass is 32.2. The Morgan fingerprint density at radius 3 is 2.65 bits per heavy atom. The Morgan fingerprint density at radius 2 is 2.05 bits per heavy atom. The Balaban J connectivity index is 2.22. The molecule has 0 aliphatic carbocycles. The molecule has 0 saturated carbocycles. The summed E-state index contributed by atoms with van der Waals surface area (Å²) in [5, 5.41) is 12.0. The lowest BCUT2D eigenvalue weighted by atomic mass is 10.3. The molecule has 6 heteroatoms. The predicted molar refractivity (Wildman–Crippen MR) is 77.0 cm³/mol. The zero-order valence-corrected chi connectivity index (χ0v) is 12.1. The van der Waals surface area contributed by atoms with E-state index in [0.717, 1.165) is 5.56 Å². The molecule has 20 heavy (non-hydrogen) atoms. The summed E-state index contributed by atoms with van der Waals surface area (Å²) in [5.74, 6) is 0. The lowest BCUT2D eigenvalue weighted by Crippen LogP contribution is -2.05. The van der Waals surface area contributed by atoms with Gasteiger partial charge in [-0.25, -0.2) is 8.42 Å². The van der Waals surface area contributed by atoms with Crippen LogP contribution in [0.2, 0.25) is 0 Å². The highest BCUT2D eigenvalue weighted by Gasteiger charge is 2.12. The van der Waals surface area contributed by atoms with Crippen LogP contribution in [0.15, 0.2) is 41.4 Å². The predicted octanol–water partition coefficient (Wildman–Crippen LogP) is 1.91. The number of aromatic nitrogens is 1. The van der Waals surface area contributed by atoms with Crippen LogP contribution in [0.3, 0.4) is 0 Å². The minimum atomic E-state index is -3.27. The van der Waals surface area contributed by atoms with Crippen molar-refractivity contribution in [2.45, 2.75) is 11.4 Å². The second-order valence-corrected chi connectivity index (χ2v) is 6.56. The third kappa shape index (κ3) is 3.00. The molecule has 0 spiro atoms. The van der Waals surface area contributed by atoms with E-state index in [4.69, 9.17) is 5.26 Å². The summed E-state index contributed by atoms with van der Waals surface area (Å²) in [6.07, 6.45) is 3.03. The van der Waals surface area contributed by atoms with Crippen molar-refractivity contribution in [3.8, 4) is 6.07 Å². The van der Waals surface area contributed by atoms with Crippen molar-refractivity contribution in [2.75, 3.05) is 11.6 Å². The number of nitrogens with zero attached hydrogens (tertiary/aromatic N) is 2. The Hall–Kier alpha value is -2.26. The van der Waals surface area contributed by atoms with Gasteiger partial charge in [-0.15, -0.1) is 0 Å². The highest BCUT2D eigenvalue weighted by Crippen LogP contribution is 2.21. The molecule has 0 radical (unpaired) electrons. The molecule has 0 unspecified atom stereocenters. The van der Waals surface area contributed by atoms with Gasteiger partial charge in [0, 0.05) is 26.0 Å². The zero-order valence-electron chi connectivity index (χ0n) is 11.3. The normalized spacial score (nSPS) is 11.1. The maximum atomic E-state index is 11.7. The molecular formula is C14H15N3O2S. The molecule has 1 heterocycles. The van der Waals surface area contributed by atoms with E-state index in [9.17, 15) is 8.42 Å². The largest absolute Gasteiger partial charge is 0.380 e. The minimum Gasteiger partial charge on any atom is -0.380 e. The Labute approximate surface area is 118 Å². The molecule has 2 aromatic rings. The van der Waals surface area contributed by atoms with E-state index in [-0.39, 0.29) is 4.90 Å². The SMILES string of the molecule is Cn1cc(CNc2ccccc2S(C)(=O)=O)cc1C#N. The lowest BCUT2D eigenvalue weighted by molar-refractivity contribution is 0.602. The van der Waals surface area contributed by atoms with Crippen molar-refractivity contribution < 1.29 is 8.42 Å². The first-order valence-electron chi connectivity index (χ1n) is 6.00. The lowest BCUT2D eigenvalue weighted by Gasteiger charge is -2.09. The maximum Gasteiger partial charge on any atom is 0.177 e. The quantitative estimate of drug-likeness (QED) is 0.933. The molecule has 0 aliphatic rings. The van der Waals surface area contributed by atoms with E-state index >= 15 is 0 Å². The van der Waals surface area contributed by atoms with Gasteiger partial charge in [0.2, 0.25) is 0 Å².